The summed E-state index contributed by atoms with van der Waals surface area (Å²) in [4.78, 5) is 3.09. The van der Waals surface area contributed by atoms with Gasteiger partial charge in [0, 0.05) is 23.9 Å². The van der Waals surface area contributed by atoms with Crippen LogP contribution in [-0.4, -0.2) is 4.98 Å². The van der Waals surface area contributed by atoms with E-state index in [2.05, 4.69) is 17.4 Å². The first kappa shape index (κ1) is 4.50. The topological polar surface area (TPSA) is 15.8 Å². The molecule has 0 fully saturated rings. The monoisotopic (exact) mass is 125 g/mol. The van der Waals surface area contributed by atoms with E-state index in [1.54, 1.807) is 0 Å². The Morgan fingerprint density at radius 2 is 1.88 bits per heavy atom. The van der Waals surface area contributed by atoms with Gasteiger partial charge in [0.05, 0.1) is 0 Å². The molecule has 42 valence electrons. The lowest BCUT2D eigenvalue weighted by Gasteiger charge is -1.77. The average Bonchev–Trinajstić information content (AvgIpc) is 2.15. The molecule has 0 aliphatic carbocycles. The molecule has 2 rings (SSSR count). The number of H-pyrrole nitrogens is 1. The van der Waals surface area contributed by atoms with Crippen LogP contribution < -0.4 is 0 Å². The number of hydrogen-bond acceptors (Lipinski definition) is 1. The lowest BCUT2D eigenvalue weighted by molar-refractivity contribution is 1.37. The molecule has 0 spiro atoms. The molecule has 0 saturated carbocycles. The van der Waals surface area contributed by atoms with Crippen LogP contribution in [0.4, 0.5) is 0 Å². The molecule has 2 heteroatoms. The standard InChI is InChI=1S/C6H7NS/c1-5-3-8-4-6(5)2-7-1/h1-2,7H,3-4H2. The fourth-order valence-electron chi connectivity index (χ4n) is 0.968. The number of fused-ring (bicyclic) bond motifs is 1. The number of thioether (sulfide) groups is 1. The van der Waals surface area contributed by atoms with E-state index in [1.807, 2.05) is 11.8 Å². The Kier molecular flexibility index (Phi) is 0.875. The second-order valence-corrected chi connectivity index (χ2v) is 2.98. The normalized spacial score (nSPS) is 16.5. The highest BCUT2D eigenvalue weighted by atomic mass is 32.2. The molecule has 0 saturated heterocycles. The molecule has 0 radical (unpaired) electrons. The van der Waals surface area contributed by atoms with Gasteiger partial charge < -0.3 is 4.98 Å². The predicted octanol–water partition coefficient (Wildman–Crippen LogP) is 1.76. The fourth-order valence-corrected chi connectivity index (χ4v) is 2.05. The molecule has 1 nitrogen and oxygen atoms in total. The summed E-state index contributed by atoms with van der Waals surface area (Å²) in [5.41, 5.74) is 2.99. The highest BCUT2D eigenvalue weighted by Crippen LogP contribution is 2.28. The van der Waals surface area contributed by atoms with E-state index in [-0.39, 0.29) is 0 Å². The predicted molar refractivity (Wildman–Crippen MR) is 35.8 cm³/mol. The second-order valence-electron chi connectivity index (χ2n) is 2.00. The van der Waals surface area contributed by atoms with E-state index < -0.39 is 0 Å². The van der Waals surface area contributed by atoms with Crippen LogP contribution in [0.25, 0.3) is 0 Å². The molecule has 0 unspecified atom stereocenters. The quantitative estimate of drug-likeness (QED) is 0.558. The van der Waals surface area contributed by atoms with Gasteiger partial charge in [0.25, 0.3) is 0 Å². The van der Waals surface area contributed by atoms with Gasteiger partial charge in [0.2, 0.25) is 0 Å². The summed E-state index contributed by atoms with van der Waals surface area (Å²) in [5, 5.41) is 0. The van der Waals surface area contributed by atoms with Crippen LogP contribution in [-0.2, 0) is 11.5 Å². The van der Waals surface area contributed by atoms with E-state index in [0.29, 0.717) is 0 Å². The Morgan fingerprint density at radius 3 is 2.50 bits per heavy atom. The highest BCUT2D eigenvalue weighted by Gasteiger charge is 2.09. The van der Waals surface area contributed by atoms with Crippen LogP contribution in [0.3, 0.4) is 0 Å². The van der Waals surface area contributed by atoms with Crippen molar-refractivity contribution in [3.8, 4) is 0 Å². The molecule has 1 aliphatic rings. The Balaban J connectivity index is 2.54. The zero-order valence-electron chi connectivity index (χ0n) is 4.48. The average molecular weight is 125 g/mol. The number of rotatable bonds is 0. The van der Waals surface area contributed by atoms with Gasteiger partial charge in [0.1, 0.15) is 0 Å². The maximum Gasteiger partial charge on any atom is 0.0205 e. The molecule has 1 aromatic rings. The van der Waals surface area contributed by atoms with Crippen LogP contribution in [0, 0.1) is 0 Å². The maximum absolute atomic E-state index is 3.09. The lowest BCUT2D eigenvalue weighted by Crippen LogP contribution is -1.66. The molecule has 0 amide bonds. The van der Waals surface area contributed by atoms with E-state index >= 15 is 0 Å². The number of aromatic nitrogens is 1. The van der Waals surface area contributed by atoms with E-state index in [0.717, 1.165) is 0 Å². The van der Waals surface area contributed by atoms with Gasteiger partial charge in [-0.3, -0.25) is 0 Å². The minimum absolute atomic E-state index is 1.21. The molecule has 2 heterocycles. The highest BCUT2D eigenvalue weighted by molar-refractivity contribution is 7.98. The lowest BCUT2D eigenvalue weighted by atomic mass is 10.2. The summed E-state index contributed by atoms with van der Waals surface area (Å²) < 4.78 is 0. The SMILES string of the molecule is c1[nH]cc2c1CSC2. The Bertz CT molecular complexity index is 174. The van der Waals surface area contributed by atoms with Crippen molar-refractivity contribution in [3.63, 3.8) is 0 Å². The first-order valence-electron chi connectivity index (χ1n) is 2.69. The minimum atomic E-state index is 1.21. The molecular formula is C6H7NS. The van der Waals surface area contributed by atoms with Crippen molar-refractivity contribution in [1.82, 2.24) is 4.98 Å². The van der Waals surface area contributed by atoms with Gasteiger partial charge in [-0.05, 0) is 11.1 Å². The smallest absolute Gasteiger partial charge is 0.0205 e. The van der Waals surface area contributed by atoms with Crippen molar-refractivity contribution in [2.75, 3.05) is 0 Å². The van der Waals surface area contributed by atoms with Crippen LogP contribution in [0.5, 0.6) is 0 Å². The van der Waals surface area contributed by atoms with Gasteiger partial charge in [-0.25, -0.2) is 0 Å². The molecule has 8 heavy (non-hydrogen) atoms. The van der Waals surface area contributed by atoms with Crippen molar-refractivity contribution < 1.29 is 0 Å². The molecular weight excluding hydrogens is 118 g/mol. The number of hydrogen-bond donors (Lipinski definition) is 1. The fraction of sp³-hybridized carbons (Fsp3) is 0.333. The van der Waals surface area contributed by atoms with Gasteiger partial charge in [-0.2, -0.15) is 11.8 Å². The summed E-state index contributed by atoms with van der Waals surface area (Å²) in [6.07, 6.45) is 4.19. The van der Waals surface area contributed by atoms with Crippen LogP contribution in [0.1, 0.15) is 11.1 Å². The molecule has 0 atom stereocenters. The van der Waals surface area contributed by atoms with Gasteiger partial charge in [0.15, 0.2) is 0 Å². The Morgan fingerprint density at radius 1 is 1.25 bits per heavy atom. The first-order chi connectivity index (χ1) is 3.97. The van der Waals surface area contributed by atoms with Crippen LogP contribution in [0.2, 0.25) is 0 Å². The number of nitrogens with one attached hydrogen (secondary N) is 1. The third-order valence-corrected chi connectivity index (χ3v) is 2.47. The largest absolute Gasteiger partial charge is 0.367 e. The summed E-state index contributed by atoms with van der Waals surface area (Å²) in [6, 6.07) is 0. The summed E-state index contributed by atoms with van der Waals surface area (Å²) in [7, 11) is 0. The Hall–Kier alpha value is -0.370. The second kappa shape index (κ2) is 1.55. The Labute approximate surface area is 52.5 Å². The molecule has 1 N–H and O–H groups in total. The molecule has 0 aromatic carbocycles. The van der Waals surface area contributed by atoms with Crippen molar-refractivity contribution in [1.29, 1.82) is 0 Å². The van der Waals surface area contributed by atoms with E-state index in [9.17, 15) is 0 Å². The van der Waals surface area contributed by atoms with E-state index in [4.69, 9.17) is 0 Å². The zero-order valence-corrected chi connectivity index (χ0v) is 5.29. The first-order valence-corrected chi connectivity index (χ1v) is 3.84. The minimum Gasteiger partial charge on any atom is -0.367 e. The van der Waals surface area contributed by atoms with Gasteiger partial charge >= 0.3 is 0 Å². The summed E-state index contributed by atoms with van der Waals surface area (Å²) in [5.74, 6) is 2.41. The van der Waals surface area contributed by atoms with Crippen LogP contribution in [0.15, 0.2) is 12.4 Å². The van der Waals surface area contributed by atoms with Crippen molar-refractivity contribution in [2.24, 2.45) is 0 Å². The third kappa shape index (κ3) is 0.494. The van der Waals surface area contributed by atoms with Gasteiger partial charge in [-0.1, -0.05) is 0 Å². The van der Waals surface area contributed by atoms with E-state index in [1.165, 1.54) is 22.6 Å². The molecule has 1 aliphatic heterocycles. The zero-order chi connectivity index (χ0) is 5.40. The summed E-state index contributed by atoms with van der Waals surface area (Å²) in [6.45, 7) is 0. The maximum atomic E-state index is 3.09. The summed E-state index contributed by atoms with van der Waals surface area (Å²) >= 11 is 1.99. The molecule has 0 bridgehead atoms. The third-order valence-electron chi connectivity index (χ3n) is 1.44. The van der Waals surface area contributed by atoms with Crippen molar-refractivity contribution in [3.05, 3.63) is 23.5 Å². The van der Waals surface area contributed by atoms with Crippen molar-refractivity contribution in [2.45, 2.75) is 11.5 Å². The molecule has 1 aromatic heterocycles. The number of aromatic amines is 1. The van der Waals surface area contributed by atoms with Crippen LogP contribution >= 0.6 is 11.8 Å². The van der Waals surface area contributed by atoms with Gasteiger partial charge in [-0.15, -0.1) is 0 Å². The van der Waals surface area contributed by atoms with Crippen molar-refractivity contribution >= 4 is 11.8 Å².